The van der Waals surface area contributed by atoms with Crippen LogP contribution in [-0.4, -0.2) is 41.0 Å². The van der Waals surface area contributed by atoms with E-state index >= 15 is 0 Å². The molecular formula is C17H23NO2. The van der Waals surface area contributed by atoms with Crippen molar-refractivity contribution in [2.24, 2.45) is 0 Å². The maximum atomic E-state index is 12.4. The number of aryl methyl sites for hydroxylation is 2. The number of benzene rings is 1. The summed E-state index contributed by atoms with van der Waals surface area (Å²) in [7, 11) is 0. The molecule has 0 aromatic heterocycles. The van der Waals surface area contributed by atoms with Crippen molar-refractivity contribution >= 4 is 5.78 Å². The fourth-order valence-electron chi connectivity index (χ4n) is 3.50. The van der Waals surface area contributed by atoms with E-state index in [-0.39, 0.29) is 5.78 Å². The molecule has 108 valence electrons. The van der Waals surface area contributed by atoms with Crippen LogP contribution in [0.2, 0.25) is 0 Å². The van der Waals surface area contributed by atoms with Crippen molar-refractivity contribution < 1.29 is 9.90 Å². The SMILES string of the molecule is CC1(O)CCCN(CC(=O)c2ccc3c(c2)CCC3)C1. The van der Waals surface area contributed by atoms with Crippen molar-refractivity contribution in [3.63, 3.8) is 0 Å². The molecule has 1 saturated heterocycles. The number of carbonyl (C=O) groups excluding carboxylic acids is 1. The molecule has 0 radical (unpaired) electrons. The van der Waals surface area contributed by atoms with Crippen LogP contribution in [0.25, 0.3) is 0 Å². The highest BCUT2D eigenvalue weighted by Crippen LogP contribution is 2.24. The van der Waals surface area contributed by atoms with Crippen LogP contribution in [0.3, 0.4) is 0 Å². The highest BCUT2D eigenvalue weighted by atomic mass is 16.3. The summed E-state index contributed by atoms with van der Waals surface area (Å²) in [6.07, 6.45) is 5.26. The van der Waals surface area contributed by atoms with Crippen molar-refractivity contribution in [1.82, 2.24) is 4.90 Å². The second kappa shape index (κ2) is 5.30. The van der Waals surface area contributed by atoms with Gasteiger partial charge in [-0.1, -0.05) is 12.1 Å². The predicted molar refractivity (Wildman–Crippen MR) is 79.1 cm³/mol. The Bertz CT molecular complexity index is 522. The molecule has 1 heterocycles. The molecule has 1 atom stereocenters. The normalized spacial score (nSPS) is 26.5. The Morgan fingerprint density at radius 2 is 2.10 bits per heavy atom. The van der Waals surface area contributed by atoms with Crippen molar-refractivity contribution in [2.45, 2.75) is 44.6 Å². The molecule has 2 aliphatic rings. The number of β-amino-alcohol motifs (C(OH)–C–C–N with tert-alkyl or cyclic N) is 1. The third kappa shape index (κ3) is 2.94. The molecule has 20 heavy (non-hydrogen) atoms. The van der Waals surface area contributed by atoms with E-state index in [1.54, 1.807) is 0 Å². The number of ketones is 1. The summed E-state index contributed by atoms with van der Waals surface area (Å²) in [5, 5.41) is 10.1. The zero-order chi connectivity index (χ0) is 14.2. The maximum absolute atomic E-state index is 12.4. The summed E-state index contributed by atoms with van der Waals surface area (Å²) >= 11 is 0. The lowest BCUT2D eigenvalue weighted by molar-refractivity contribution is -0.0132. The van der Waals surface area contributed by atoms with Crippen LogP contribution in [0.15, 0.2) is 18.2 Å². The molecule has 3 nitrogen and oxygen atoms in total. The highest BCUT2D eigenvalue weighted by Gasteiger charge is 2.29. The van der Waals surface area contributed by atoms with E-state index in [0.717, 1.165) is 37.8 Å². The molecule has 3 heteroatoms. The second-order valence-electron chi connectivity index (χ2n) is 6.57. The van der Waals surface area contributed by atoms with Crippen LogP contribution in [0.1, 0.15) is 47.7 Å². The number of carbonyl (C=O) groups is 1. The van der Waals surface area contributed by atoms with Crippen LogP contribution in [0.4, 0.5) is 0 Å². The average Bonchev–Trinajstić information content (AvgIpc) is 2.84. The van der Waals surface area contributed by atoms with Gasteiger partial charge >= 0.3 is 0 Å². The summed E-state index contributed by atoms with van der Waals surface area (Å²) in [6.45, 7) is 3.80. The van der Waals surface area contributed by atoms with Crippen molar-refractivity contribution in [1.29, 1.82) is 0 Å². The van der Waals surface area contributed by atoms with E-state index in [0.29, 0.717) is 13.1 Å². The zero-order valence-corrected chi connectivity index (χ0v) is 12.2. The topological polar surface area (TPSA) is 40.5 Å². The minimum absolute atomic E-state index is 0.178. The Morgan fingerprint density at radius 3 is 2.90 bits per heavy atom. The van der Waals surface area contributed by atoms with Crippen LogP contribution >= 0.6 is 0 Å². The minimum atomic E-state index is -0.642. The van der Waals surface area contributed by atoms with E-state index in [4.69, 9.17) is 0 Å². The minimum Gasteiger partial charge on any atom is -0.389 e. The standard InChI is InChI=1S/C17H23NO2/c1-17(20)8-3-9-18(12-17)11-16(19)15-7-6-13-4-2-5-14(13)10-15/h6-7,10,20H,2-5,8-9,11-12H2,1H3. The number of hydrogen-bond donors (Lipinski definition) is 1. The number of nitrogens with zero attached hydrogens (tertiary/aromatic N) is 1. The fraction of sp³-hybridized carbons (Fsp3) is 0.588. The quantitative estimate of drug-likeness (QED) is 0.858. The van der Waals surface area contributed by atoms with Gasteiger partial charge in [-0.15, -0.1) is 0 Å². The van der Waals surface area contributed by atoms with E-state index in [1.807, 2.05) is 13.0 Å². The Morgan fingerprint density at radius 1 is 1.30 bits per heavy atom. The van der Waals surface area contributed by atoms with Gasteiger partial charge in [0.15, 0.2) is 5.78 Å². The number of rotatable bonds is 3. The molecule has 0 bridgehead atoms. The van der Waals surface area contributed by atoms with E-state index < -0.39 is 5.60 Å². The maximum Gasteiger partial charge on any atom is 0.176 e. The molecule has 0 spiro atoms. The van der Waals surface area contributed by atoms with Gasteiger partial charge in [-0.2, -0.15) is 0 Å². The summed E-state index contributed by atoms with van der Waals surface area (Å²) in [4.78, 5) is 14.5. The molecule has 1 fully saturated rings. The van der Waals surface area contributed by atoms with E-state index in [2.05, 4.69) is 17.0 Å². The average molecular weight is 273 g/mol. The number of piperidine rings is 1. The number of hydrogen-bond acceptors (Lipinski definition) is 3. The first-order valence-electron chi connectivity index (χ1n) is 7.63. The highest BCUT2D eigenvalue weighted by molar-refractivity contribution is 5.97. The van der Waals surface area contributed by atoms with Gasteiger partial charge in [0.05, 0.1) is 12.1 Å². The van der Waals surface area contributed by atoms with Crippen molar-refractivity contribution in [3.8, 4) is 0 Å². The first-order chi connectivity index (χ1) is 9.53. The lowest BCUT2D eigenvalue weighted by Crippen LogP contribution is -2.47. The fourth-order valence-corrected chi connectivity index (χ4v) is 3.50. The van der Waals surface area contributed by atoms with Crippen molar-refractivity contribution in [3.05, 3.63) is 34.9 Å². The van der Waals surface area contributed by atoms with Gasteiger partial charge < -0.3 is 5.11 Å². The monoisotopic (exact) mass is 273 g/mol. The molecule has 1 unspecified atom stereocenters. The molecule has 1 N–H and O–H groups in total. The largest absolute Gasteiger partial charge is 0.389 e. The van der Waals surface area contributed by atoms with Crippen LogP contribution in [0.5, 0.6) is 0 Å². The Kier molecular flexibility index (Phi) is 3.65. The van der Waals surface area contributed by atoms with Crippen molar-refractivity contribution in [2.75, 3.05) is 19.6 Å². The summed E-state index contributed by atoms with van der Waals surface area (Å²) in [6, 6.07) is 6.16. The van der Waals surface area contributed by atoms with Gasteiger partial charge in [0.2, 0.25) is 0 Å². The molecule has 0 saturated carbocycles. The number of likely N-dealkylation sites (tertiary alicyclic amines) is 1. The number of fused-ring (bicyclic) bond motifs is 1. The first-order valence-corrected chi connectivity index (χ1v) is 7.63. The third-order valence-electron chi connectivity index (χ3n) is 4.54. The molecule has 3 rings (SSSR count). The zero-order valence-electron chi connectivity index (χ0n) is 12.2. The summed E-state index contributed by atoms with van der Waals surface area (Å²) < 4.78 is 0. The third-order valence-corrected chi connectivity index (χ3v) is 4.54. The van der Waals surface area contributed by atoms with Gasteiger partial charge in [0.1, 0.15) is 0 Å². The molecule has 1 aromatic rings. The van der Waals surface area contributed by atoms with E-state index in [1.165, 1.54) is 17.5 Å². The van der Waals surface area contributed by atoms with Crippen LogP contribution in [-0.2, 0) is 12.8 Å². The number of aliphatic hydroxyl groups is 1. The molecule has 0 amide bonds. The summed E-state index contributed by atoms with van der Waals surface area (Å²) in [5.74, 6) is 0.178. The Hall–Kier alpha value is -1.19. The summed E-state index contributed by atoms with van der Waals surface area (Å²) in [5.41, 5.74) is 2.94. The van der Waals surface area contributed by atoms with Gasteiger partial charge in [0.25, 0.3) is 0 Å². The van der Waals surface area contributed by atoms with Gasteiger partial charge in [-0.25, -0.2) is 0 Å². The van der Waals surface area contributed by atoms with E-state index in [9.17, 15) is 9.90 Å². The van der Waals surface area contributed by atoms with Crippen LogP contribution in [0, 0.1) is 0 Å². The first kappa shape index (κ1) is 13.8. The Labute approximate surface area is 120 Å². The number of Topliss-reactive ketones (excluding diaryl/α,β-unsaturated/α-hetero) is 1. The smallest absolute Gasteiger partial charge is 0.176 e. The molecule has 1 aliphatic heterocycles. The second-order valence-corrected chi connectivity index (χ2v) is 6.57. The van der Waals surface area contributed by atoms with Gasteiger partial charge in [0, 0.05) is 12.1 Å². The molecule has 1 aliphatic carbocycles. The lowest BCUT2D eigenvalue weighted by atomic mass is 9.94. The van der Waals surface area contributed by atoms with Gasteiger partial charge in [-0.05, 0) is 62.8 Å². The predicted octanol–water partition coefficient (Wildman–Crippen LogP) is 2.20. The Balaban J connectivity index is 1.67. The molecule has 1 aromatic carbocycles. The van der Waals surface area contributed by atoms with Crippen LogP contribution < -0.4 is 0 Å². The lowest BCUT2D eigenvalue weighted by Gasteiger charge is -2.36. The van der Waals surface area contributed by atoms with Gasteiger partial charge in [-0.3, -0.25) is 9.69 Å². The molecular weight excluding hydrogens is 250 g/mol.